The monoisotopic (exact) mass is 258 g/mol. The maximum absolute atomic E-state index is 5.79. The summed E-state index contributed by atoms with van der Waals surface area (Å²) in [5.41, 5.74) is 4.02. The van der Waals surface area contributed by atoms with E-state index in [-0.39, 0.29) is 0 Å². The zero-order valence-electron chi connectivity index (χ0n) is 11.5. The lowest BCUT2D eigenvalue weighted by Crippen LogP contribution is -2.49. The van der Waals surface area contributed by atoms with Gasteiger partial charge in [-0.2, -0.15) is 0 Å². The third-order valence-corrected chi connectivity index (χ3v) is 4.11. The van der Waals surface area contributed by atoms with E-state index in [0.29, 0.717) is 0 Å². The molecule has 2 aromatic rings. The molecule has 19 heavy (non-hydrogen) atoms. The maximum Gasteiger partial charge on any atom is 0.0458 e. The normalized spacial score (nSPS) is 18.2. The molecule has 1 saturated heterocycles. The van der Waals surface area contributed by atoms with Crippen LogP contribution in [0.15, 0.2) is 24.3 Å². The lowest BCUT2D eigenvalue weighted by Gasteiger charge is -2.31. The second-order valence-corrected chi connectivity index (χ2v) is 5.40. The number of aromatic amines is 1. The van der Waals surface area contributed by atoms with Crippen molar-refractivity contribution in [3.63, 3.8) is 0 Å². The van der Waals surface area contributed by atoms with Gasteiger partial charge in [-0.25, -0.2) is 5.01 Å². The van der Waals surface area contributed by atoms with E-state index in [1.165, 1.54) is 22.2 Å². The second kappa shape index (κ2) is 5.33. The minimum atomic E-state index is 0.979. The summed E-state index contributed by atoms with van der Waals surface area (Å²) in [5.74, 6) is 5.79. The van der Waals surface area contributed by atoms with Gasteiger partial charge in [0.2, 0.25) is 0 Å². The van der Waals surface area contributed by atoms with E-state index < -0.39 is 0 Å². The molecule has 0 saturated carbocycles. The SMILES string of the molecule is Cc1[nH]c2ccccc2c1CCN1CCN(N)CC1. The van der Waals surface area contributed by atoms with E-state index in [0.717, 1.165) is 39.1 Å². The van der Waals surface area contributed by atoms with E-state index in [4.69, 9.17) is 5.84 Å². The van der Waals surface area contributed by atoms with Crippen LogP contribution >= 0.6 is 0 Å². The number of fused-ring (bicyclic) bond motifs is 1. The van der Waals surface area contributed by atoms with Crippen LogP contribution in [0.5, 0.6) is 0 Å². The summed E-state index contributed by atoms with van der Waals surface area (Å²) >= 11 is 0. The molecule has 0 atom stereocenters. The Morgan fingerprint density at radius 1 is 1.16 bits per heavy atom. The largest absolute Gasteiger partial charge is 0.358 e. The summed E-state index contributed by atoms with van der Waals surface area (Å²) in [6.45, 7) is 7.42. The lowest BCUT2D eigenvalue weighted by atomic mass is 10.1. The van der Waals surface area contributed by atoms with Crippen LogP contribution in [0.1, 0.15) is 11.3 Å². The first kappa shape index (κ1) is 12.7. The van der Waals surface area contributed by atoms with Crippen LogP contribution in [-0.4, -0.2) is 47.6 Å². The van der Waals surface area contributed by atoms with Crippen LogP contribution in [0.3, 0.4) is 0 Å². The van der Waals surface area contributed by atoms with Gasteiger partial charge in [0.25, 0.3) is 0 Å². The minimum Gasteiger partial charge on any atom is -0.358 e. The summed E-state index contributed by atoms with van der Waals surface area (Å²) in [7, 11) is 0. The number of aryl methyl sites for hydroxylation is 1. The number of para-hydroxylation sites is 1. The molecule has 4 nitrogen and oxygen atoms in total. The Labute approximate surface area is 114 Å². The highest BCUT2D eigenvalue weighted by molar-refractivity contribution is 5.84. The number of aromatic nitrogens is 1. The predicted octanol–water partition coefficient (Wildman–Crippen LogP) is 1.51. The van der Waals surface area contributed by atoms with Crippen LogP contribution in [0, 0.1) is 6.92 Å². The smallest absolute Gasteiger partial charge is 0.0458 e. The number of nitrogens with one attached hydrogen (secondary N) is 1. The van der Waals surface area contributed by atoms with Gasteiger partial charge in [-0.3, -0.25) is 5.84 Å². The van der Waals surface area contributed by atoms with E-state index in [1.54, 1.807) is 0 Å². The standard InChI is InChI=1S/C15H22N4/c1-12-13(14-4-2-3-5-15(14)17-12)6-7-18-8-10-19(16)11-9-18/h2-5,17H,6-11,16H2,1H3. The molecule has 0 amide bonds. The second-order valence-electron chi connectivity index (χ2n) is 5.40. The zero-order chi connectivity index (χ0) is 13.2. The van der Waals surface area contributed by atoms with E-state index >= 15 is 0 Å². The Kier molecular flexibility index (Phi) is 3.55. The van der Waals surface area contributed by atoms with Crippen molar-refractivity contribution in [1.82, 2.24) is 14.9 Å². The van der Waals surface area contributed by atoms with Crippen LogP contribution in [0.4, 0.5) is 0 Å². The number of rotatable bonds is 3. The number of hydrazine groups is 1. The minimum absolute atomic E-state index is 0.979. The topological polar surface area (TPSA) is 48.3 Å². The van der Waals surface area contributed by atoms with Gasteiger partial charge in [-0.05, 0) is 25.0 Å². The van der Waals surface area contributed by atoms with Gasteiger partial charge < -0.3 is 9.88 Å². The molecular weight excluding hydrogens is 236 g/mol. The molecule has 0 unspecified atom stereocenters. The van der Waals surface area contributed by atoms with Gasteiger partial charge in [-0.1, -0.05) is 18.2 Å². The fraction of sp³-hybridized carbons (Fsp3) is 0.467. The molecule has 1 aromatic heterocycles. The number of nitrogens with zero attached hydrogens (tertiary/aromatic N) is 2. The molecule has 2 heterocycles. The van der Waals surface area contributed by atoms with Crippen LogP contribution < -0.4 is 5.84 Å². The van der Waals surface area contributed by atoms with Crippen molar-refractivity contribution >= 4 is 10.9 Å². The van der Waals surface area contributed by atoms with Crippen molar-refractivity contribution in [2.24, 2.45) is 5.84 Å². The quantitative estimate of drug-likeness (QED) is 0.821. The highest BCUT2D eigenvalue weighted by atomic mass is 15.4. The summed E-state index contributed by atoms with van der Waals surface area (Å²) < 4.78 is 0. The fourth-order valence-electron chi connectivity index (χ4n) is 2.91. The van der Waals surface area contributed by atoms with Crippen molar-refractivity contribution in [3.05, 3.63) is 35.5 Å². The third-order valence-electron chi connectivity index (χ3n) is 4.11. The fourth-order valence-corrected chi connectivity index (χ4v) is 2.91. The van der Waals surface area contributed by atoms with Gasteiger partial charge in [0.15, 0.2) is 0 Å². The van der Waals surface area contributed by atoms with Crippen molar-refractivity contribution in [1.29, 1.82) is 0 Å². The predicted molar refractivity (Wildman–Crippen MR) is 78.9 cm³/mol. The number of nitrogens with two attached hydrogens (primary N) is 1. The van der Waals surface area contributed by atoms with E-state index in [2.05, 4.69) is 41.1 Å². The van der Waals surface area contributed by atoms with Gasteiger partial charge in [0.05, 0.1) is 0 Å². The van der Waals surface area contributed by atoms with Crippen LogP contribution in [-0.2, 0) is 6.42 Å². The van der Waals surface area contributed by atoms with E-state index in [1.807, 2.05) is 5.01 Å². The summed E-state index contributed by atoms with van der Waals surface area (Å²) in [4.78, 5) is 5.98. The Morgan fingerprint density at radius 2 is 1.89 bits per heavy atom. The number of piperazine rings is 1. The Bertz CT molecular complexity index is 552. The number of hydrogen-bond acceptors (Lipinski definition) is 3. The van der Waals surface area contributed by atoms with Crippen molar-refractivity contribution in [2.75, 3.05) is 32.7 Å². The highest BCUT2D eigenvalue weighted by Crippen LogP contribution is 2.22. The molecule has 0 radical (unpaired) electrons. The number of H-pyrrole nitrogens is 1. The summed E-state index contributed by atoms with van der Waals surface area (Å²) in [6.07, 6.45) is 1.11. The Hall–Kier alpha value is -1.36. The highest BCUT2D eigenvalue weighted by Gasteiger charge is 2.15. The summed E-state index contributed by atoms with van der Waals surface area (Å²) in [6, 6.07) is 8.57. The zero-order valence-corrected chi connectivity index (χ0v) is 11.5. The van der Waals surface area contributed by atoms with Crippen molar-refractivity contribution in [3.8, 4) is 0 Å². The molecule has 1 aliphatic heterocycles. The van der Waals surface area contributed by atoms with Gasteiger partial charge in [-0.15, -0.1) is 0 Å². The number of hydrogen-bond donors (Lipinski definition) is 2. The molecule has 0 bridgehead atoms. The molecule has 1 aliphatic rings. The molecule has 3 N–H and O–H groups in total. The molecule has 102 valence electrons. The molecule has 0 spiro atoms. The van der Waals surface area contributed by atoms with Gasteiger partial charge >= 0.3 is 0 Å². The summed E-state index contributed by atoms with van der Waals surface area (Å²) in [5, 5.41) is 3.28. The molecule has 1 aromatic carbocycles. The van der Waals surface area contributed by atoms with Crippen LogP contribution in [0.2, 0.25) is 0 Å². The average molecular weight is 258 g/mol. The van der Waals surface area contributed by atoms with Crippen LogP contribution in [0.25, 0.3) is 10.9 Å². The lowest BCUT2D eigenvalue weighted by molar-refractivity contribution is 0.135. The number of benzene rings is 1. The van der Waals surface area contributed by atoms with Gasteiger partial charge in [0, 0.05) is 49.3 Å². The first-order valence-electron chi connectivity index (χ1n) is 7.02. The molecule has 3 rings (SSSR count). The van der Waals surface area contributed by atoms with Gasteiger partial charge in [0.1, 0.15) is 0 Å². The maximum atomic E-state index is 5.79. The Morgan fingerprint density at radius 3 is 2.68 bits per heavy atom. The molecule has 1 fully saturated rings. The van der Waals surface area contributed by atoms with Crippen molar-refractivity contribution < 1.29 is 0 Å². The Balaban J connectivity index is 1.70. The first-order valence-corrected chi connectivity index (χ1v) is 7.02. The third kappa shape index (κ3) is 2.66. The first-order chi connectivity index (χ1) is 9.24. The molecular formula is C15H22N4. The molecule has 0 aliphatic carbocycles. The van der Waals surface area contributed by atoms with Crippen molar-refractivity contribution in [2.45, 2.75) is 13.3 Å². The average Bonchev–Trinajstić information content (AvgIpc) is 2.74. The van der Waals surface area contributed by atoms with E-state index in [9.17, 15) is 0 Å². The molecule has 4 heteroatoms.